The maximum absolute atomic E-state index is 12.5. The molecule has 0 radical (unpaired) electrons. The van der Waals surface area contributed by atoms with E-state index in [1.165, 1.54) is 6.33 Å². The van der Waals surface area contributed by atoms with Gasteiger partial charge < -0.3 is 11.1 Å². The van der Waals surface area contributed by atoms with Crippen molar-refractivity contribution in [2.45, 2.75) is 50.4 Å². The van der Waals surface area contributed by atoms with Crippen LogP contribution < -0.4 is 11.1 Å². The summed E-state index contributed by atoms with van der Waals surface area (Å²) in [5.41, 5.74) is 5.97. The van der Waals surface area contributed by atoms with Crippen LogP contribution >= 0.6 is 23.7 Å². The zero-order valence-electron chi connectivity index (χ0n) is 12.3. The summed E-state index contributed by atoms with van der Waals surface area (Å²) in [6.07, 6.45) is 0.173. The van der Waals surface area contributed by atoms with Gasteiger partial charge in [-0.05, 0) is 31.7 Å². The van der Waals surface area contributed by atoms with Gasteiger partial charge in [0.15, 0.2) is 0 Å². The number of thiophene rings is 1. The topological polar surface area (TPSA) is 63.8 Å². The Hall–Kier alpha value is -1.12. The lowest BCUT2D eigenvalue weighted by atomic mass is 9.91. The van der Waals surface area contributed by atoms with Gasteiger partial charge in [-0.15, -0.1) is 23.7 Å². The van der Waals surface area contributed by atoms with Crippen LogP contribution in [0.1, 0.15) is 30.6 Å². The summed E-state index contributed by atoms with van der Waals surface area (Å²) in [6, 6.07) is 1.93. The predicted octanol–water partition coefficient (Wildman–Crippen LogP) is 3.90. The molecule has 1 fully saturated rings. The third kappa shape index (κ3) is 4.68. The van der Waals surface area contributed by atoms with E-state index < -0.39 is 12.6 Å². The summed E-state index contributed by atoms with van der Waals surface area (Å²) >= 11 is 1.07. The second kappa shape index (κ2) is 7.19. The fourth-order valence-corrected chi connectivity index (χ4v) is 3.88. The zero-order chi connectivity index (χ0) is 15.7. The van der Waals surface area contributed by atoms with Crippen molar-refractivity contribution in [1.29, 1.82) is 0 Å². The Morgan fingerprint density at radius 2 is 2.09 bits per heavy atom. The first-order valence-corrected chi connectivity index (χ1v) is 8.04. The molecule has 3 rings (SSSR count). The average Bonchev–Trinajstić information content (AvgIpc) is 2.80. The van der Waals surface area contributed by atoms with Gasteiger partial charge in [-0.3, -0.25) is 0 Å². The smallest absolute Gasteiger partial charge is 0.367 e. The van der Waals surface area contributed by atoms with E-state index in [1.807, 2.05) is 0 Å². The summed E-state index contributed by atoms with van der Waals surface area (Å²) in [7, 11) is 0. The van der Waals surface area contributed by atoms with Gasteiger partial charge in [0, 0.05) is 17.0 Å². The third-order valence-electron chi connectivity index (χ3n) is 3.81. The molecule has 0 bridgehead atoms. The molecule has 0 aliphatic heterocycles. The van der Waals surface area contributed by atoms with Crippen LogP contribution in [0, 0.1) is 0 Å². The average molecular weight is 367 g/mol. The highest BCUT2D eigenvalue weighted by Crippen LogP contribution is 2.33. The van der Waals surface area contributed by atoms with Crippen LogP contribution in [0.3, 0.4) is 0 Å². The van der Waals surface area contributed by atoms with E-state index in [0.717, 1.165) is 37.0 Å². The maximum Gasteiger partial charge on any atom is 0.393 e. The zero-order valence-corrected chi connectivity index (χ0v) is 13.9. The van der Waals surface area contributed by atoms with Gasteiger partial charge in [-0.1, -0.05) is 0 Å². The molecule has 1 aliphatic carbocycles. The molecule has 2 aromatic heterocycles. The molecule has 2 aromatic rings. The van der Waals surface area contributed by atoms with Crippen molar-refractivity contribution in [2.75, 3.05) is 5.32 Å². The van der Waals surface area contributed by atoms with Gasteiger partial charge in [0.2, 0.25) is 0 Å². The van der Waals surface area contributed by atoms with Crippen molar-refractivity contribution in [1.82, 2.24) is 9.97 Å². The lowest BCUT2D eigenvalue weighted by molar-refractivity contribution is -0.126. The van der Waals surface area contributed by atoms with Crippen LogP contribution in [-0.4, -0.2) is 28.2 Å². The van der Waals surface area contributed by atoms with E-state index in [-0.39, 0.29) is 29.4 Å². The number of nitrogens with one attached hydrogen (secondary N) is 1. The van der Waals surface area contributed by atoms with E-state index in [9.17, 15) is 13.2 Å². The molecule has 23 heavy (non-hydrogen) atoms. The van der Waals surface area contributed by atoms with Crippen molar-refractivity contribution in [3.63, 3.8) is 0 Å². The number of alkyl halides is 3. The Morgan fingerprint density at radius 3 is 2.78 bits per heavy atom. The van der Waals surface area contributed by atoms with Crippen LogP contribution in [-0.2, 0) is 6.42 Å². The van der Waals surface area contributed by atoms with Crippen molar-refractivity contribution in [3.8, 4) is 0 Å². The molecule has 0 unspecified atom stereocenters. The fourth-order valence-electron chi connectivity index (χ4n) is 2.86. The standard InChI is InChI=1S/C14H17F3N4S.ClH/c15-14(16,17)6-10-5-11-12(19-7-20-13(11)22-10)21-9-3-1-2-8(18)4-9;/h5,7-9H,1-4,6,18H2,(H,19,20,21);1H/t8-,9+;/m0./s1. The van der Waals surface area contributed by atoms with Gasteiger partial charge in [-0.2, -0.15) is 13.2 Å². The Labute approximate surface area is 142 Å². The molecule has 0 spiro atoms. The molecule has 0 saturated heterocycles. The summed E-state index contributed by atoms with van der Waals surface area (Å²) < 4.78 is 37.6. The molecular formula is C14H18ClF3N4S. The quantitative estimate of drug-likeness (QED) is 0.864. The number of halogens is 4. The summed E-state index contributed by atoms with van der Waals surface area (Å²) in [6.45, 7) is 0. The number of nitrogens with zero attached hydrogens (tertiary/aromatic N) is 2. The molecule has 1 aliphatic rings. The molecule has 2 atom stereocenters. The molecule has 9 heteroatoms. The van der Waals surface area contributed by atoms with Crippen molar-refractivity contribution >= 4 is 39.8 Å². The minimum Gasteiger partial charge on any atom is -0.367 e. The van der Waals surface area contributed by atoms with E-state index >= 15 is 0 Å². The van der Waals surface area contributed by atoms with Crippen LogP contribution in [0.25, 0.3) is 10.2 Å². The second-order valence-electron chi connectivity index (χ2n) is 5.71. The number of aromatic nitrogens is 2. The first kappa shape index (κ1) is 18.2. The van der Waals surface area contributed by atoms with Gasteiger partial charge in [-0.25, -0.2) is 9.97 Å². The summed E-state index contributed by atoms with van der Waals surface area (Å²) in [5.74, 6) is 0.605. The maximum atomic E-state index is 12.5. The Kier molecular flexibility index (Phi) is 5.70. The number of fused-ring (bicyclic) bond motifs is 1. The fraction of sp³-hybridized carbons (Fsp3) is 0.571. The molecular weight excluding hydrogens is 349 g/mol. The van der Waals surface area contributed by atoms with E-state index in [0.29, 0.717) is 16.0 Å². The molecule has 4 nitrogen and oxygen atoms in total. The lowest BCUT2D eigenvalue weighted by Crippen LogP contribution is -2.35. The molecule has 1 saturated carbocycles. The summed E-state index contributed by atoms with van der Waals surface area (Å²) in [5, 5.41) is 3.98. The first-order chi connectivity index (χ1) is 10.4. The number of anilines is 1. The third-order valence-corrected chi connectivity index (χ3v) is 4.85. The first-order valence-electron chi connectivity index (χ1n) is 7.23. The minimum atomic E-state index is -4.21. The summed E-state index contributed by atoms with van der Waals surface area (Å²) in [4.78, 5) is 9.11. The highest BCUT2D eigenvalue weighted by molar-refractivity contribution is 7.18. The minimum absolute atomic E-state index is 0. The van der Waals surface area contributed by atoms with Crippen molar-refractivity contribution in [2.24, 2.45) is 5.73 Å². The predicted molar refractivity (Wildman–Crippen MR) is 88.3 cm³/mol. The highest BCUT2D eigenvalue weighted by atomic mass is 35.5. The van der Waals surface area contributed by atoms with Crippen LogP contribution in [0.2, 0.25) is 0 Å². The van der Waals surface area contributed by atoms with Crippen molar-refractivity contribution in [3.05, 3.63) is 17.3 Å². The van der Waals surface area contributed by atoms with E-state index in [1.54, 1.807) is 6.07 Å². The van der Waals surface area contributed by atoms with Gasteiger partial charge >= 0.3 is 6.18 Å². The SMILES string of the molecule is Cl.N[C@H]1CCC[C@@H](Nc2ncnc3sc(CC(F)(F)F)cc23)C1. The number of hydrogen-bond acceptors (Lipinski definition) is 5. The Bertz CT molecular complexity index is 661. The van der Waals surface area contributed by atoms with Gasteiger partial charge in [0.25, 0.3) is 0 Å². The molecule has 0 amide bonds. The molecule has 3 N–H and O–H groups in total. The number of hydrogen-bond donors (Lipinski definition) is 2. The largest absolute Gasteiger partial charge is 0.393 e. The van der Waals surface area contributed by atoms with Crippen LogP contribution in [0.15, 0.2) is 12.4 Å². The molecule has 2 heterocycles. The van der Waals surface area contributed by atoms with Crippen LogP contribution in [0.5, 0.6) is 0 Å². The number of nitrogens with two attached hydrogens (primary N) is 1. The van der Waals surface area contributed by atoms with Gasteiger partial charge in [0.05, 0.1) is 11.8 Å². The Morgan fingerprint density at radius 1 is 1.30 bits per heavy atom. The second-order valence-corrected chi connectivity index (χ2v) is 6.83. The van der Waals surface area contributed by atoms with E-state index in [2.05, 4.69) is 15.3 Å². The van der Waals surface area contributed by atoms with Crippen molar-refractivity contribution < 1.29 is 13.2 Å². The lowest BCUT2D eigenvalue weighted by Gasteiger charge is -2.27. The highest BCUT2D eigenvalue weighted by Gasteiger charge is 2.29. The normalized spacial score (nSPS) is 21.9. The monoisotopic (exact) mass is 366 g/mol. The van der Waals surface area contributed by atoms with E-state index in [4.69, 9.17) is 5.73 Å². The van der Waals surface area contributed by atoms with Gasteiger partial charge in [0.1, 0.15) is 17.0 Å². The molecule has 128 valence electrons. The number of rotatable bonds is 3. The van der Waals surface area contributed by atoms with Crippen LogP contribution in [0.4, 0.5) is 19.0 Å². The molecule has 0 aromatic carbocycles. The Balaban J connectivity index is 0.00000192.